The third-order valence-corrected chi connectivity index (χ3v) is 3.55. The molecule has 2 rings (SSSR count). The van der Waals surface area contributed by atoms with Crippen LogP contribution in [-0.2, 0) is 0 Å². The zero-order valence-corrected chi connectivity index (χ0v) is 10.7. The van der Waals surface area contributed by atoms with Crippen molar-refractivity contribution in [2.45, 2.75) is 19.4 Å². The van der Waals surface area contributed by atoms with Gasteiger partial charge in [0, 0.05) is 16.6 Å². The number of nitrogen functional groups attached to an aromatic ring is 1. The third-order valence-electron chi connectivity index (χ3n) is 2.61. The zero-order chi connectivity index (χ0) is 12.1. The minimum absolute atomic E-state index is 0.156. The molecule has 2 aromatic rings. The van der Waals surface area contributed by atoms with Crippen molar-refractivity contribution in [2.75, 3.05) is 12.3 Å². The van der Waals surface area contributed by atoms with E-state index in [-0.39, 0.29) is 6.04 Å². The second kappa shape index (κ2) is 5.80. The van der Waals surface area contributed by atoms with E-state index in [4.69, 9.17) is 5.73 Å². The molecule has 2 heterocycles. The molecule has 0 saturated heterocycles. The minimum atomic E-state index is 0.156. The van der Waals surface area contributed by atoms with E-state index in [1.165, 1.54) is 4.88 Å². The van der Waals surface area contributed by atoms with Gasteiger partial charge in [0.15, 0.2) is 0 Å². The summed E-state index contributed by atoms with van der Waals surface area (Å²) >= 11 is 1.74. The SMILES string of the molecule is CCCNC(c1cccs1)c1cccnc1N. The van der Waals surface area contributed by atoms with Gasteiger partial charge in [-0.25, -0.2) is 4.98 Å². The van der Waals surface area contributed by atoms with E-state index >= 15 is 0 Å². The average molecular weight is 247 g/mol. The van der Waals surface area contributed by atoms with E-state index in [9.17, 15) is 0 Å². The molecule has 0 saturated carbocycles. The number of anilines is 1. The van der Waals surface area contributed by atoms with Crippen LogP contribution in [0.5, 0.6) is 0 Å². The van der Waals surface area contributed by atoms with E-state index in [0.717, 1.165) is 18.5 Å². The van der Waals surface area contributed by atoms with Crippen molar-refractivity contribution < 1.29 is 0 Å². The normalized spacial score (nSPS) is 12.5. The standard InChI is InChI=1S/C13H17N3S/c1-2-7-15-12(11-6-4-9-17-11)10-5-3-8-16-13(10)14/h3-6,8-9,12,15H,2,7H2,1H3,(H2,14,16). The van der Waals surface area contributed by atoms with Crippen molar-refractivity contribution in [3.05, 3.63) is 46.3 Å². The van der Waals surface area contributed by atoms with Crippen LogP contribution in [0.2, 0.25) is 0 Å². The van der Waals surface area contributed by atoms with Crippen LogP contribution in [0.3, 0.4) is 0 Å². The van der Waals surface area contributed by atoms with Gasteiger partial charge in [0.2, 0.25) is 0 Å². The van der Waals surface area contributed by atoms with Crippen LogP contribution in [0.1, 0.15) is 29.8 Å². The lowest BCUT2D eigenvalue weighted by Gasteiger charge is -2.18. The molecule has 4 heteroatoms. The lowest BCUT2D eigenvalue weighted by atomic mass is 10.1. The van der Waals surface area contributed by atoms with E-state index in [1.807, 2.05) is 12.1 Å². The molecule has 1 atom stereocenters. The second-order valence-electron chi connectivity index (χ2n) is 3.88. The maximum absolute atomic E-state index is 5.95. The van der Waals surface area contributed by atoms with Gasteiger partial charge in [-0.2, -0.15) is 0 Å². The number of nitrogens with zero attached hydrogens (tertiary/aromatic N) is 1. The van der Waals surface area contributed by atoms with E-state index in [0.29, 0.717) is 5.82 Å². The number of hydrogen-bond acceptors (Lipinski definition) is 4. The molecule has 90 valence electrons. The Morgan fingerprint density at radius 1 is 1.41 bits per heavy atom. The van der Waals surface area contributed by atoms with Crippen LogP contribution in [0.4, 0.5) is 5.82 Å². The molecule has 3 nitrogen and oxygen atoms in total. The molecule has 0 fully saturated rings. The Labute approximate surface area is 106 Å². The Morgan fingerprint density at radius 3 is 2.94 bits per heavy atom. The first-order valence-corrected chi connectivity index (χ1v) is 6.68. The highest BCUT2D eigenvalue weighted by Crippen LogP contribution is 2.28. The van der Waals surface area contributed by atoms with Crippen LogP contribution in [0.15, 0.2) is 35.8 Å². The second-order valence-corrected chi connectivity index (χ2v) is 4.86. The van der Waals surface area contributed by atoms with Gasteiger partial charge in [0.25, 0.3) is 0 Å². The first-order chi connectivity index (χ1) is 8.33. The van der Waals surface area contributed by atoms with Crippen molar-refractivity contribution in [3.63, 3.8) is 0 Å². The van der Waals surface area contributed by atoms with Crippen molar-refractivity contribution in [1.82, 2.24) is 10.3 Å². The number of pyridine rings is 1. The van der Waals surface area contributed by atoms with E-state index in [2.05, 4.69) is 34.7 Å². The van der Waals surface area contributed by atoms with Gasteiger partial charge in [-0.3, -0.25) is 0 Å². The Bertz CT molecular complexity index is 453. The molecule has 3 N–H and O–H groups in total. The zero-order valence-electron chi connectivity index (χ0n) is 9.89. The summed E-state index contributed by atoms with van der Waals surface area (Å²) in [4.78, 5) is 5.44. The predicted octanol–water partition coefficient (Wildman–Crippen LogP) is 2.81. The maximum atomic E-state index is 5.95. The molecule has 0 spiro atoms. The minimum Gasteiger partial charge on any atom is -0.383 e. The summed E-state index contributed by atoms with van der Waals surface area (Å²) in [6.07, 6.45) is 2.83. The molecule has 17 heavy (non-hydrogen) atoms. The fourth-order valence-corrected chi connectivity index (χ4v) is 2.60. The molecule has 0 aliphatic heterocycles. The topological polar surface area (TPSA) is 50.9 Å². The summed E-state index contributed by atoms with van der Waals surface area (Å²) in [5, 5.41) is 5.61. The molecule has 0 aliphatic rings. The Balaban J connectivity index is 2.30. The number of nitrogens with two attached hydrogens (primary N) is 1. The van der Waals surface area contributed by atoms with E-state index < -0.39 is 0 Å². The van der Waals surface area contributed by atoms with Crippen LogP contribution >= 0.6 is 11.3 Å². The summed E-state index contributed by atoms with van der Waals surface area (Å²) in [5.74, 6) is 0.606. The highest BCUT2D eigenvalue weighted by molar-refractivity contribution is 7.10. The van der Waals surface area contributed by atoms with Gasteiger partial charge in [-0.05, 0) is 30.5 Å². The smallest absolute Gasteiger partial charge is 0.128 e. The van der Waals surface area contributed by atoms with Crippen molar-refractivity contribution in [3.8, 4) is 0 Å². The van der Waals surface area contributed by atoms with Crippen LogP contribution in [0.25, 0.3) is 0 Å². The third kappa shape index (κ3) is 2.84. The lowest BCUT2D eigenvalue weighted by Crippen LogP contribution is -2.23. The van der Waals surface area contributed by atoms with E-state index in [1.54, 1.807) is 17.5 Å². The van der Waals surface area contributed by atoms with Gasteiger partial charge in [0.1, 0.15) is 5.82 Å². The number of rotatable bonds is 5. The first kappa shape index (κ1) is 12.1. The summed E-state index contributed by atoms with van der Waals surface area (Å²) in [7, 11) is 0. The number of aromatic nitrogens is 1. The fraction of sp³-hybridized carbons (Fsp3) is 0.308. The lowest BCUT2D eigenvalue weighted by molar-refractivity contribution is 0.606. The van der Waals surface area contributed by atoms with Crippen LogP contribution in [-0.4, -0.2) is 11.5 Å². The van der Waals surface area contributed by atoms with Gasteiger partial charge in [-0.15, -0.1) is 11.3 Å². The monoisotopic (exact) mass is 247 g/mol. The molecular formula is C13H17N3S. The Kier molecular flexibility index (Phi) is 4.12. The summed E-state index contributed by atoms with van der Waals surface area (Å²) < 4.78 is 0. The molecule has 0 aromatic carbocycles. The van der Waals surface area contributed by atoms with Gasteiger partial charge < -0.3 is 11.1 Å². The van der Waals surface area contributed by atoms with Crippen molar-refractivity contribution in [2.24, 2.45) is 0 Å². The first-order valence-electron chi connectivity index (χ1n) is 5.80. The molecule has 2 aromatic heterocycles. The van der Waals surface area contributed by atoms with Crippen LogP contribution in [0, 0.1) is 0 Å². The van der Waals surface area contributed by atoms with Gasteiger partial charge in [-0.1, -0.05) is 19.1 Å². The summed E-state index contributed by atoms with van der Waals surface area (Å²) in [6, 6.07) is 8.32. The van der Waals surface area contributed by atoms with Gasteiger partial charge in [0.05, 0.1) is 6.04 Å². The summed E-state index contributed by atoms with van der Waals surface area (Å²) in [5.41, 5.74) is 7.01. The van der Waals surface area contributed by atoms with Crippen LogP contribution < -0.4 is 11.1 Å². The highest BCUT2D eigenvalue weighted by Gasteiger charge is 2.16. The number of hydrogen-bond donors (Lipinski definition) is 2. The quantitative estimate of drug-likeness (QED) is 0.854. The predicted molar refractivity (Wildman–Crippen MR) is 73.1 cm³/mol. The maximum Gasteiger partial charge on any atom is 0.128 e. The Hall–Kier alpha value is -1.39. The molecule has 0 radical (unpaired) electrons. The highest BCUT2D eigenvalue weighted by atomic mass is 32.1. The largest absolute Gasteiger partial charge is 0.383 e. The molecule has 0 amide bonds. The molecule has 0 aliphatic carbocycles. The fourth-order valence-electron chi connectivity index (χ4n) is 1.78. The number of thiophene rings is 1. The average Bonchev–Trinajstić information content (AvgIpc) is 2.85. The Morgan fingerprint density at radius 2 is 2.29 bits per heavy atom. The molecule has 0 bridgehead atoms. The molecular weight excluding hydrogens is 230 g/mol. The van der Waals surface area contributed by atoms with Crippen molar-refractivity contribution >= 4 is 17.2 Å². The van der Waals surface area contributed by atoms with Crippen molar-refractivity contribution in [1.29, 1.82) is 0 Å². The molecule has 1 unspecified atom stereocenters. The van der Waals surface area contributed by atoms with Gasteiger partial charge >= 0.3 is 0 Å². The summed E-state index contributed by atoms with van der Waals surface area (Å²) in [6.45, 7) is 3.13. The number of nitrogens with one attached hydrogen (secondary N) is 1.